The number of aliphatic hydroxyl groups excluding tert-OH is 1. The molecule has 0 saturated heterocycles. The Kier molecular flexibility index (Phi) is 39.5. The van der Waals surface area contributed by atoms with Gasteiger partial charge in [-0.2, -0.15) is 0 Å². The first-order valence-corrected chi connectivity index (χ1v) is 24.8. The summed E-state index contributed by atoms with van der Waals surface area (Å²) in [5, 5.41) is 13.8. The maximum Gasteiger partial charge on any atom is 0.472 e. The fourth-order valence-electron chi connectivity index (χ4n) is 5.80. The molecule has 0 aromatic heterocycles. The molecule has 3 N–H and O–H groups in total. The third-order valence-corrected chi connectivity index (χ3v) is 10.5. The molecule has 3 unspecified atom stereocenters. The van der Waals surface area contributed by atoms with E-state index in [0.29, 0.717) is 17.4 Å². The number of quaternary nitrogens is 1. The van der Waals surface area contributed by atoms with E-state index in [2.05, 4.69) is 116 Å². The van der Waals surface area contributed by atoms with E-state index in [9.17, 15) is 19.4 Å². The number of unbranched alkanes of at least 4 members (excludes halogenated alkanes) is 11. The van der Waals surface area contributed by atoms with Crippen molar-refractivity contribution < 1.29 is 32.9 Å². The molecule has 0 aliphatic heterocycles. The quantitative estimate of drug-likeness (QED) is 0.0245. The summed E-state index contributed by atoms with van der Waals surface area (Å²) in [7, 11) is 1.52. The molecule has 1 amide bonds. The number of hydrogen-bond donors (Lipinski definition) is 3. The van der Waals surface area contributed by atoms with Crippen LogP contribution < -0.4 is 5.32 Å². The van der Waals surface area contributed by atoms with Gasteiger partial charge in [-0.25, -0.2) is 4.57 Å². The monoisotopic (exact) mass is 856 g/mol. The summed E-state index contributed by atoms with van der Waals surface area (Å²) in [6, 6.07) is -0.880. The lowest BCUT2D eigenvalue weighted by Crippen LogP contribution is -2.45. The third-order valence-electron chi connectivity index (χ3n) is 9.48. The number of nitrogens with zero attached hydrogens (tertiary/aromatic N) is 1. The Morgan fingerprint density at radius 3 is 1.53 bits per heavy atom. The lowest BCUT2D eigenvalue weighted by molar-refractivity contribution is -0.870. The van der Waals surface area contributed by atoms with Crippen molar-refractivity contribution in [3.8, 4) is 0 Å². The summed E-state index contributed by atoms with van der Waals surface area (Å²) >= 11 is 0. The van der Waals surface area contributed by atoms with E-state index in [0.717, 1.165) is 103 Å². The van der Waals surface area contributed by atoms with Crippen LogP contribution in [0, 0.1) is 0 Å². The highest BCUT2D eigenvalue weighted by Crippen LogP contribution is 2.43. The van der Waals surface area contributed by atoms with Gasteiger partial charge in [-0.3, -0.25) is 13.8 Å². The summed E-state index contributed by atoms with van der Waals surface area (Å²) in [5.74, 6) is -0.214. The maximum atomic E-state index is 12.9. The highest BCUT2D eigenvalue weighted by atomic mass is 31.2. The fourth-order valence-corrected chi connectivity index (χ4v) is 6.53. The van der Waals surface area contributed by atoms with E-state index < -0.39 is 20.0 Å². The number of carbonyl (C=O) groups is 1. The van der Waals surface area contributed by atoms with Crippen molar-refractivity contribution in [2.75, 3.05) is 40.9 Å². The first-order valence-electron chi connectivity index (χ1n) is 23.3. The summed E-state index contributed by atoms with van der Waals surface area (Å²) in [6.07, 6.45) is 60.3. The van der Waals surface area contributed by atoms with Gasteiger partial charge in [0.15, 0.2) is 0 Å². The van der Waals surface area contributed by atoms with Gasteiger partial charge in [-0.1, -0.05) is 168 Å². The number of allylic oxidation sites excluding steroid dienone is 17. The minimum Gasteiger partial charge on any atom is -0.387 e. The van der Waals surface area contributed by atoms with Crippen LogP contribution in [-0.4, -0.2) is 73.4 Å². The number of likely N-dealkylation sites (N-methyl/N-ethyl adjacent to an activating group) is 1. The number of phosphoric ester groups is 1. The van der Waals surface area contributed by atoms with Gasteiger partial charge in [0.05, 0.1) is 39.9 Å². The zero-order valence-corrected chi connectivity index (χ0v) is 39.5. The summed E-state index contributed by atoms with van der Waals surface area (Å²) in [6.45, 7) is 4.60. The van der Waals surface area contributed by atoms with Crippen LogP contribution in [0.1, 0.15) is 155 Å². The van der Waals surface area contributed by atoms with Gasteiger partial charge in [0.25, 0.3) is 0 Å². The first kappa shape index (κ1) is 57.2. The fraction of sp³-hybridized carbons (Fsp3) is 0.627. The molecule has 0 aliphatic rings. The molecule has 0 aromatic carbocycles. The van der Waals surface area contributed by atoms with Crippen molar-refractivity contribution in [3.05, 3.63) is 109 Å². The van der Waals surface area contributed by atoms with Crippen molar-refractivity contribution in [1.29, 1.82) is 0 Å². The summed E-state index contributed by atoms with van der Waals surface area (Å²) in [4.78, 5) is 23.1. The number of phosphoric acid groups is 1. The summed E-state index contributed by atoms with van der Waals surface area (Å²) < 4.78 is 23.5. The highest BCUT2D eigenvalue weighted by Gasteiger charge is 2.27. The Labute approximate surface area is 368 Å². The van der Waals surface area contributed by atoms with Crippen LogP contribution >= 0.6 is 7.82 Å². The van der Waals surface area contributed by atoms with Crippen LogP contribution in [0.4, 0.5) is 0 Å². The van der Waals surface area contributed by atoms with Crippen LogP contribution in [0.25, 0.3) is 0 Å². The number of rotatable bonds is 40. The number of hydrogen-bond acceptors (Lipinski definition) is 5. The maximum absolute atomic E-state index is 12.9. The van der Waals surface area contributed by atoms with Crippen LogP contribution in [0.3, 0.4) is 0 Å². The molecule has 3 atom stereocenters. The third kappa shape index (κ3) is 43.3. The van der Waals surface area contributed by atoms with Gasteiger partial charge in [-0.05, 0) is 89.9 Å². The van der Waals surface area contributed by atoms with Gasteiger partial charge in [0.2, 0.25) is 5.91 Å². The minimum atomic E-state index is -4.36. The molecule has 0 aromatic rings. The van der Waals surface area contributed by atoms with E-state index in [1.165, 1.54) is 32.1 Å². The second kappa shape index (κ2) is 41.5. The molecule has 9 heteroatoms. The lowest BCUT2D eigenvalue weighted by Gasteiger charge is -2.25. The van der Waals surface area contributed by atoms with Crippen molar-refractivity contribution >= 4 is 13.7 Å². The van der Waals surface area contributed by atoms with E-state index in [4.69, 9.17) is 9.05 Å². The van der Waals surface area contributed by atoms with E-state index >= 15 is 0 Å². The molecule has 0 bridgehead atoms. The Balaban J connectivity index is 4.37. The largest absolute Gasteiger partial charge is 0.472 e. The zero-order valence-electron chi connectivity index (χ0n) is 38.6. The van der Waals surface area contributed by atoms with Crippen molar-refractivity contribution in [2.24, 2.45) is 0 Å². The number of aliphatic hydroxyl groups is 1. The zero-order chi connectivity index (χ0) is 44.3. The molecular formula is C51H88N2O6P+. The van der Waals surface area contributed by atoms with Gasteiger partial charge in [0.1, 0.15) is 13.2 Å². The predicted molar refractivity (Wildman–Crippen MR) is 258 cm³/mol. The van der Waals surface area contributed by atoms with E-state index in [1.807, 2.05) is 27.2 Å². The lowest BCUT2D eigenvalue weighted by atomic mass is 10.1. The molecule has 342 valence electrons. The Hall–Kier alpha value is -2.84. The molecule has 0 heterocycles. The van der Waals surface area contributed by atoms with Crippen LogP contribution in [-0.2, 0) is 18.4 Å². The average molecular weight is 856 g/mol. The second-order valence-electron chi connectivity index (χ2n) is 16.4. The van der Waals surface area contributed by atoms with Crippen LogP contribution in [0.2, 0.25) is 0 Å². The van der Waals surface area contributed by atoms with E-state index in [1.54, 1.807) is 6.08 Å². The second-order valence-corrected chi connectivity index (χ2v) is 17.8. The molecule has 0 fully saturated rings. The number of carbonyl (C=O) groups excluding carboxylic acids is 1. The predicted octanol–water partition coefficient (Wildman–Crippen LogP) is 13.3. The molecule has 0 saturated carbocycles. The van der Waals surface area contributed by atoms with Gasteiger partial charge < -0.3 is 19.8 Å². The van der Waals surface area contributed by atoms with E-state index in [-0.39, 0.29) is 19.1 Å². The highest BCUT2D eigenvalue weighted by molar-refractivity contribution is 7.47. The molecular weight excluding hydrogens is 768 g/mol. The Bertz CT molecular complexity index is 1340. The minimum absolute atomic E-state index is 0.0453. The molecule has 60 heavy (non-hydrogen) atoms. The Morgan fingerprint density at radius 2 is 1.02 bits per heavy atom. The standard InChI is InChI=1S/C51H87N2O6P/c1-6-8-10-12-14-16-18-19-20-21-22-23-24-25-26-27-28-29-30-31-32-33-35-37-39-41-43-45-51(55)52-49(48-59-60(56,57)58-47-46-53(3,4)5)50(54)44-42-40-38-36-34-17-15-13-11-9-7-2/h8,10,14,16,19-20,22-23,25-26,28-29,31-32,34,36,42,44,49-50,54H,6-7,9,11-13,15,17-18,21,24,27,30,33,35,37-41,43,45-48H2,1-5H3,(H-,52,55,56,57)/p+1/b10-8-,16-14-,20-19-,23-22-,26-25-,29-28-,32-31-,36-34+,44-42+. The van der Waals surface area contributed by atoms with Crippen LogP contribution in [0.5, 0.6) is 0 Å². The topological polar surface area (TPSA) is 105 Å². The SMILES string of the molecule is CC/C=C\C/C=C\C/C=C\C/C=C\C/C=C\C/C=C\C/C=C\CCCCCCCC(=O)NC(COP(=O)(O)OCC[N+](C)(C)C)C(O)/C=C/CC/C=C/CCCCCCC. The van der Waals surface area contributed by atoms with Gasteiger partial charge in [-0.15, -0.1) is 0 Å². The molecule has 0 aliphatic carbocycles. The van der Waals surface area contributed by atoms with Crippen LogP contribution in [0.15, 0.2) is 109 Å². The van der Waals surface area contributed by atoms with Gasteiger partial charge in [0, 0.05) is 6.42 Å². The average Bonchev–Trinajstić information content (AvgIpc) is 3.20. The van der Waals surface area contributed by atoms with Crippen molar-refractivity contribution in [1.82, 2.24) is 5.32 Å². The molecule has 0 spiro atoms. The van der Waals surface area contributed by atoms with Gasteiger partial charge >= 0.3 is 7.82 Å². The number of amides is 1. The molecule has 8 nitrogen and oxygen atoms in total. The smallest absolute Gasteiger partial charge is 0.387 e. The first-order chi connectivity index (χ1) is 29.0. The summed E-state index contributed by atoms with van der Waals surface area (Å²) in [5.41, 5.74) is 0. The molecule has 0 radical (unpaired) electrons. The number of nitrogens with one attached hydrogen (secondary N) is 1. The van der Waals surface area contributed by atoms with Crippen molar-refractivity contribution in [2.45, 2.75) is 167 Å². The Morgan fingerprint density at radius 1 is 0.583 bits per heavy atom. The molecule has 0 rings (SSSR count). The normalized spacial score (nSPS) is 15.2. The van der Waals surface area contributed by atoms with Crippen molar-refractivity contribution in [3.63, 3.8) is 0 Å².